The van der Waals surface area contributed by atoms with Crippen LogP contribution in [0.3, 0.4) is 0 Å². The number of nitrogens with zero attached hydrogens (tertiary/aromatic N) is 4. The summed E-state index contributed by atoms with van der Waals surface area (Å²) in [4.78, 5) is 35.9. The fourth-order valence-corrected chi connectivity index (χ4v) is 3.89. The molecular formula is C21H23F2N5O3. The molecule has 2 heterocycles. The number of nitrogens with one attached hydrogen (secondary N) is 1. The van der Waals surface area contributed by atoms with Crippen LogP contribution in [0.15, 0.2) is 36.7 Å². The van der Waals surface area contributed by atoms with Crippen molar-refractivity contribution in [1.29, 1.82) is 0 Å². The van der Waals surface area contributed by atoms with Gasteiger partial charge in [-0.3, -0.25) is 9.69 Å². The lowest BCUT2D eigenvalue weighted by Crippen LogP contribution is -2.45. The normalized spacial score (nSPS) is 21.3. The molecule has 4 rings (SSSR count). The Labute approximate surface area is 178 Å². The minimum absolute atomic E-state index is 0.0142. The molecule has 2 aromatic rings. The van der Waals surface area contributed by atoms with Gasteiger partial charge in [-0.25, -0.2) is 23.5 Å². The number of aromatic nitrogens is 2. The Hall–Kier alpha value is -3.30. The minimum atomic E-state index is -1.01. The van der Waals surface area contributed by atoms with Crippen LogP contribution in [0.2, 0.25) is 0 Å². The molecule has 0 radical (unpaired) electrons. The molecule has 10 heteroatoms. The van der Waals surface area contributed by atoms with Gasteiger partial charge in [-0.1, -0.05) is 0 Å². The van der Waals surface area contributed by atoms with Gasteiger partial charge < -0.3 is 15.0 Å². The number of ether oxygens (including phenoxy) is 1. The quantitative estimate of drug-likeness (QED) is 0.760. The lowest BCUT2D eigenvalue weighted by atomic mass is 9.93. The van der Waals surface area contributed by atoms with Gasteiger partial charge in [0.2, 0.25) is 5.91 Å². The Morgan fingerprint density at radius 2 is 1.84 bits per heavy atom. The highest BCUT2D eigenvalue weighted by atomic mass is 19.2. The van der Waals surface area contributed by atoms with Gasteiger partial charge in [0, 0.05) is 43.3 Å². The Kier molecular flexibility index (Phi) is 6.24. The third-order valence-corrected chi connectivity index (χ3v) is 5.50. The van der Waals surface area contributed by atoms with Crippen molar-refractivity contribution >= 4 is 17.6 Å². The Balaban J connectivity index is 1.23. The molecule has 1 aromatic heterocycles. The van der Waals surface area contributed by atoms with Crippen LogP contribution < -0.4 is 15.0 Å². The van der Waals surface area contributed by atoms with E-state index in [2.05, 4.69) is 15.3 Å². The standard InChI is InChI=1S/C21H23F2N5O3/c22-17-7-4-15(12-18(17)23)28-11-10-27(21(28)30)13-19(29)26-14-2-5-16(6-3-14)31-20-24-8-1-9-25-20/h1,4,7-9,12,14,16H,2-3,5-6,10-11,13H2,(H,26,29). The van der Waals surface area contributed by atoms with Crippen molar-refractivity contribution in [3.05, 3.63) is 48.3 Å². The fraction of sp³-hybridized carbons (Fsp3) is 0.429. The molecular weight excluding hydrogens is 408 g/mol. The molecule has 0 unspecified atom stereocenters. The maximum absolute atomic E-state index is 13.5. The zero-order valence-electron chi connectivity index (χ0n) is 16.8. The molecule has 1 aliphatic heterocycles. The van der Waals surface area contributed by atoms with Crippen LogP contribution >= 0.6 is 0 Å². The smallest absolute Gasteiger partial charge is 0.325 e. The highest BCUT2D eigenvalue weighted by molar-refractivity contribution is 5.96. The van der Waals surface area contributed by atoms with E-state index in [1.807, 2.05) is 0 Å². The van der Waals surface area contributed by atoms with Crippen molar-refractivity contribution in [1.82, 2.24) is 20.2 Å². The molecule has 2 aliphatic rings. The molecule has 0 spiro atoms. The third-order valence-electron chi connectivity index (χ3n) is 5.50. The number of urea groups is 1. The van der Waals surface area contributed by atoms with Crippen LogP contribution in [0.4, 0.5) is 19.3 Å². The maximum atomic E-state index is 13.5. The van der Waals surface area contributed by atoms with Gasteiger partial charge in [-0.15, -0.1) is 0 Å². The summed E-state index contributed by atoms with van der Waals surface area (Å²) in [5, 5.41) is 2.97. The maximum Gasteiger partial charge on any atom is 0.325 e. The van der Waals surface area contributed by atoms with Gasteiger partial charge in [0.25, 0.3) is 0 Å². The van der Waals surface area contributed by atoms with E-state index in [0.717, 1.165) is 37.8 Å². The molecule has 164 valence electrons. The number of carbonyl (C=O) groups is 2. The summed E-state index contributed by atoms with van der Waals surface area (Å²) in [7, 11) is 0. The van der Waals surface area contributed by atoms with Crippen LogP contribution in [0.1, 0.15) is 25.7 Å². The van der Waals surface area contributed by atoms with Crippen molar-refractivity contribution < 1.29 is 23.1 Å². The van der Waals surface area contributed by atoms with Gasteiger partial charge in [0.15, 0.2) is 11.6 Å². The second-order valence-electron chi connectivity index (χ2n) is 7.64. The van der Waals surface area contributed by atoms with Gasteiger partial charge in [-0.05, 0) is 43.9 Å². The summed E-state index contributed by atoms with van der Waals surface area (Å²) in [6.45, 7) is 0.567. The average molecular weight is 431 g/mol. The Bertz CT molecular complexity index is 938. The first kappa shape index (κ1) is 21.0. The van der Waals surface area contributed by atoms with Crippen molar-refractivity contribution in [3.63, 3.8) is 0 Å². The van der Waals surface area contributed by atoms with Crippen molar-refractivity contribution in [2.45, 2.75) is 37.8 Å². The highest BCUT2D eigenvalue weighted by Crippen LogP contribution is 2.24. The van der Waals surface area contributed by atoms with Crippen LogP contribution in [0.25, 0.3) is 0 Å². The van der Waals surface area contributed by atoms with E-state index in [9.17, 15) is 18.4 Å². The lowest BCUT2D eigenvalue weighted by Gasteiger charge is -2.29. The molecule has 31 heavy (non-hydrogen) atoms. The number of anilines is 1. The molecule has 1 aromatic carbocycles. The van der Waals surface area contributed by atoms with E-state index in [0.29, 0.717) is 19.1 Å². The number of hydrogen-bond acceptors (Lipinski definition) is 5. The Morgan fingerprint density at radius 1 is 1.10 bits per heavy atom. The first-order valence-electron chi connectivity index (χ1n) is 10.2. The van der Waals surface area contributed by atoms with E-state index >= 15 is 0 Å². The predicted octanol–water partition coefficient (Wildman–Crippen LogP) is 2.50. The largest absolute Gasteiger partial charge is 0.460 e. The molecule has 1 saturated carbocycles. The summed E-state index contributed by atoms with van der Waals surface area (Å²) >= 11 is 0. The van der Waals surface area contributed by atoms with Crippen molar-refractivity contribution in [3.8, 4) is 6.01 Å². The summed E-state index contributed by atoms with van der Waals surface area (Å²) < 4.78 is 32.4. The van der Waals surface area contributed by atoms with E-state index < -0.39 is 17.7 Å². The second-order valence-corrected chi connectivity index (χ2v) is 7.64. The predicted molar refractivity (Wildman–Crippen MR) is 108 cm³/mol. The molecule has 1 saturated heterocycles. The van der Waals surface area contributed by atoms with Gasteiger partial charge in [0.1, 0.15) is 12.6 Å². The number of carbonyl (C=O) groups excluding carboxylic acids is 2. The first-order valence-corrected chi connectivity index (χ1v) is 10.2. The molecule has 0 atom stereocenters. The third kappa shape index (κ3) is 5.07. The average Bonchev–Trinajstić information content (AvgIpc) is 3.12. The number of rotatable bonds is 6. The van der Waals surface area contributed by atoms with Crippen LogP contribution in [-0.4, -0.2) is 58.6 Å². The molecule has 1 N–H and O–H groups in total. The SMILES string of the molecule is O=C(CN1CCN(c2ccc(F)c(F)c2)C1=O)NC1CCC(Oc2ncccn2)CC1. The minimum Gasteiger partial charge on any atom is -0.460 e. The van der Waals surface area contributed by atoms with Crippen LogP contribution in [0, 0.1) is 11.6 Å². The summed E-state index contributed by atoms with van der Waals surface area (Å²) in [6.07, 6.45) is 6.34. The van der Waals surface area contributed by atoms with Crippen LogP contribution in [-0.2, 0) is 4.79 Å². The first-order chi connectivity index (χ1) is 15.0. The van der Waals surface area contributed by atoms with E-state index in [1.165, 1.54) is 15.9 Å². The van der Waals surface area contributed by atoms with Gasteiger partial charge in [-0.2, -0.15) is 0 Å². The second kappa shape index (κ2) is 9.23. The topological polar surface area (TPSA) is 87.7 Å². The Morgan fingerprint density at radius 3 is 2.55 bits per heavy atom. The highest BCUT2D eigenvalue weighted by Gasteiger charge is 2.32. The molecule has 2 fully saturated rings. The van der Waals surface area contributed by atoms with Crippen molar-refractivity contribution in [2.24, 2.45) is 0 Å². The molecule has 8 nitrogen and oxygen atoms in total. The van der Waals surface area contributed by atoms with Crippen molar-refractivity contribution in [2.75, 3.05) is 24.5 Å². The van der Waals surface area contributed by atoms with Crippen LogP contribution in [0.5, 0.6) is 6.01 Å². The van der Waals surface area contributed by atoms with E-state index in [4.69, 9.17) is 4.74 Å². The molecule has 0 bridgehead atoms. The zero-order chi connectivity index (χ0) is 21.8. The summed E-state index contributed by atoms with van der Waals surface area (Å²) in [6, 6.07) is 5.01. The number of benzene rings is 1. The number of amides is 3. The van der Waals surface area contributed by atoms with E-state index in [-0.39, 0.29) is 30.3 Å². The lowest BCUT2D eigenvalue weighted by molar-refractivity contribution is -0.122. The van der Waals surface area contributed by atoms with Gasteiger partial charge >= 0.3 is 12.0 Å². The fourth-order valence-electron chi connectivity index (χ4n) is 3.89. The summed E-state index contributed by atoms with van der Waals surface area (Å²) in [5.41, 5.74) is 0.271. The number of halogens is 2. The van der Waals surface area contributed by atoms with Gasteiger partial charge in [0.05, 0.1) is 0 Å². The zero-order valence-corrected chi connectivity index (χ0v) is 16.8. The summed E-state index contributed by atoms with van der Waals surface area (Å²) in [5.74, 6) is -2.22. The molecule has 1 aliphatic carbocycles. The monoisotopic (exact) mass is 431 g/mol. The molecule has 3 amide bonds. The van der Waals surface area contributed by atoms with E-state index in [1.54, 1.807) is 18.5 Å². The number of hydrogen-bond donors (Lipinski definition) is 1.